The molecule has 0 radical (unpaired) electrons. The highest BCUT2D eigenvalue weighted by atomic mass is 16.3. The van der Waals surface area contributed by atoms with Gasteiger partial charge in [-0.05, 0) is 36.2 Å². The summed E-state index contributed by atoms with van der Waals surface area (Å²) in [6.45, 7) is 0.0901. The van der Waals surface area contributed by atoms with Crippen molar-refractivity contribution in [3.63, 3.8) is 0 Å². The highest BCUT2D eigenvalue weighted by Crippen LogP contribution is 2.18. The van der Waals surface area contributed by atoms with Gasteiger partial charge in [-0.25, -0.2) is 0 Å². The summed E-state index contributed by atoms with van der Waals surface area (Å²) < 4.78 is 0. The number of benzene rings is 1. The van der Waals surface area contributed by atoms with E-state index in [2.05, 4.69) is 10.3 Å². The van der Waals surface area contributed by atoms with Crippen LogP contribution >= 0.6 is 0 Å². The molecular formula is C16H17N3O4. The molecule has 120 valence electrons. The zero-order valence-corrected chi connectivity index (χ0v) is 12.3. The van der Waals surface area contributed by atoms with Gasteiger partial charge in [0, 0.05) is 23.9 Å². The van der Waals surface area contributed by atoms with Crippen molar-refractivity contribution in [2.75, 3.05) is 6.54 Å². The van der Waals surface area contributed by atoms with Gasteiger partial charge in [-0.1, -0.05) is 6.07 Å². The number of aromatic hydroxyl groups is 1. The van der Waals surface area contributed by atoms with E-state index in [1.807, 2.05) is 0 Å². The number of amides is 2. The monoisotopic (exact) mass is 315 g/mol. The van der Waals surface area contributed by atoms with Gasteiger partial charge in [-0.15, -0.1) is 0 Å². The topological polar surface area (TPSA) is 126 Å². The number of phenols is 1. The molecule has 0 spiro atoms. The molecule has 0 aliphatic heterocycles. The fourth-order valence-electron chi connectivity index (χ4n) is 2.04. The van der Waals surface area contributed by atoms with Crippen LogP contribution in [-0.4, -0.2) is 33.6 Å². The zero-order valence-electron chi connectivity index (χ0n) is 12.3. The molecule has 2 aromatic rings. The molecule has 0 atom stereocenters. The highest BCUT2D eigenvalue weighted by Gasteiger charge is 2.10. The lowest BCUT2D eigenvalue weighted by Gasteiger charge is -2.07. The van der Waals surface area contributed by atoms with Crippen LogP contribution < -0.4 is 11.1 Å². The first-order valence-corrected chi connectivity index (χ1v) is 6.97. The summed E-state index contributed by atoms with van der Waals surface area (Å²) in [6, 6.07) is 7.66. The Labute approximate surface area is 132 Å². The number of hydrogen-bond donors (Lipinski definition) is 4. The van der Waals surface area contributed by atoms with E-state index in [1.165, 1.54) is 24.4 Å². The zero-order chi connectivity index (χ0) is 16.8. The minimum absolute atomic E-state index is 0.0350. The Balaban J connectivity index is 1.94. The van der Waals surface area contributed by atoms with Crippen molar-refractivity contribution in [3.05, 3.63) is 58.9 Å². The lowest BCUT2D eigenvalue weighted by atomic mass is 10.1. The first-order chi connectivity index (χ1) is 11.0. The van der Waals surface area contributed by atoms with Crippen LogP contribution in [0.15, 0.2) is 36.5 Å². The summed E-state index contributed by atoms with van der Waals surface area (Å²) in [5.41, 5.74) is 6.79. The van der Waals surface area contributed by atoms with Crippen molar-refractivity contribution in [2.24, 2.45) is 5.73 Å². The molecule has 2 amide bonds. The summed E-state index contributed by atoms with van der Waals surface area (Å²) in [4.78, 5) is 27.0. The number of primary amides is 1. The Bertz CT molecular complexity index is 731. The van der Waals surface area contributed by atoms with Crippen LogP contribution in [0.3, 0.4) is 0 Å². The fourth-order valence-corrected chi connectivity index (χ4v) is 2.04. The lowest BCUT2D eigenvalue weighted by molar-refractivity contribution is 0.0949. The van der Waals surface area contributed by atoms with Gasteiger partial charge in [-0.2, -0.15) is 0 Å². The number of carbonyl (C=O) groups excluding carboxylic acids is 2. The molecule has 7 heteroatoms. The standard InChI is InChI=1S/C16H17N3O4/c17-15(22)11-4-6-18-13(8-11)16(23)19-5-3-10-1-2-14(21)12(7-10)9-20/h1-2,4,6-8,20-21H,3,5,9H2,(H2,17,22)(H,19,23). The molecule has 0 fully saturated rings. The van der Waals surface area contributed by atoms with E-state index in [4.69, 9.17) is 10.8 Å². The van der Waals surface area contributed by atoms with Crippen LogP contribution in [0.5, 0.6) is 5.75 Å². The Morgan fingerprint density at radius 3 is 2.70 bits per heavy atom. The quantitative estimate of drug-likeness (QED) is 0.612. The van der Waals surface area contributed by atoms with E-state index in [0.29, 0.717) is 18.5 Å². The lowest BCUT2D eigenvalue weighted by Crippen LogP contribution is -2.27. The molecule has 0 aliphatic carbocycles. The summed E-state index contributed by atoms with van der Waals surface area (Å²) in [5.74, 6) is -0.996. The molecule has 2 rings (SSSR count). The summed E-state index contributed by atoms with van der Waals surface area (Å²) >= 11 is 0. The third-order valence-corrected chi connectivity index (χ3v) is 3.29. The van der Waals surface area contributed by atoms with Crippen LogP contribution in [0.2, 0.25) is 0 Å². The molecule has 1 heterocycles. The SMILES string of the molecule is NC(=O)c1ccnc(C(=O)NCCc2ccc(O)c(CO)c2)c1. The third kappa shape index (κ3) is 4.27. The van der Waals surface area contributed by atoms with Crippen LogP contribution in [0, 0.1) is 0 Å². The van der Waals surface area contributed by atoms with E-state index in [1.54, 1.807) is 12.1 Å². The van der Waals surface area contributed by atoms with Gasteiger partial charge in [-0.3, -0.25) is 14.6 Å². The normalized spacial score (nSPS) is 10.3. The second-order valence-corrected chi connectivity index (χ2v) is 4.92. The van der Waals surface area contributed by atoms with Crippen molar-refractivity contribution >= 4 is 11.8 Å². The Hall–Kier alpha value is -2.93. The van der Waals surface area contributed by atoms with Gasteiger partial charge in [0.15, 0.2) is 0 Å². The Morgan fingerprint density at radius 2 is 2.00 bits per heavy atom. The summed E-state index contributed by atoms with van der Waals surface area (Å²) in [7, 11) is 0. The number of rotatable bonds is 6. The number of nitrogens with one attached hydrogen (secondary N) is 1. The second-order valence-electron chi connectivity index (χ2n) is 4.92. The van der Waals surface area contributed by atoms with E-state index >= 15 is 0 Å². The molecule has 7 nitrogen and oxygen atoms in total. The summed E-state index contributed by atoms with van der Waals surface area (Å²) in [5, 5.41) is 21.3. The predicted molar refractivity (Wildman–Crippen MR) is 82.8 cm³/mol. The molecule has 0 bridgehead atoms. The van der Waals surface area contributed by atoms with Crippen molar-refractivity contribution in [1.29, 1.82) is 0 Å². The van der Waals surface area contributed by atoms with E-state index in [0.717, 1.165) is 5.56 Å². The first-order valence-electron chi connectivity index (χ1n) is 6.97. The van der Waals surface area contributed by atoms with Gasteiger partial charge in [0.05, 0.1) is 6.61 Å². The molecule has 0 saturated heterocycles. The van der Waals surface area contributed by atoms with Crippen molar-refractivity contribution < 1.29 is 19.8 Å². The predicted octanol–water partition coefficient (Wildman–Crippen LogP) is 0.351. The minimum Gasteiger partial charge on any atom is -0.508 e. The molecule has 0 unspecified atom stereocenters. The van der Waals surface area contributed by atoms with Crippen molar-refractivity contribution in [3.8, 4) is 5.75 Å². The number of nitrogens with two attached hydrogens (primary N) is 1. The minimum atomic E-state index is -0.623. The largest absolute Gasteiger partial charge is 0.508 e. The number of carbonyl (C=O) groups is 2. The maximum Gasteiger partial charge on any atom is 0.269 e. The van der Waals surface area contributed by atoms with Gasteiger partial charge in [0.2, 0.25) is 5.91 Å². The fraction of sp³-hybridized carbons (Fsp3) is 0.188. The second kappa shape index (κ2) is 7.37. The number of aliphatic hydroxyl groups excluding tert-OH is 1. The molecule has 1 aromatic carbocycles. The number of aromatic nitrogens is 1. The average Bonchev–Trinajstić information content (AvgIpc) is 2.56. The van der Waals surface area contributed by atoms with E-state index in [-0.39, 0.29) is 23.6 Å². The first kappa shape index (κ1) is 16.4. The smallest absolute Gasteiger partial charge is 0.269 e. The molecule has 0 saturated carbocycles. The Morgan fingerprint density at radius 1 is 1.22 bits per heavy atom. The summed E-state index contributed by atoms with van der Waals surface area (Å²) in [6.07, 6.45) is 1.87. The van der Waals surface area contributed by atoms with Crippen LogP contribution in [0.1, 0.15) is 32.0 Å². The maximum atomic E-state index is 12.0. The Kier molecular flexibility index (Phi) is 5.27. The molecule has 1 aromatic heterocycles. The third-order valence-electron chi connectivity index (χ3n) is 3.29. The number of nitrogens with zero attached hydrogens (tertiary/aromatic N) is 1. The van der Waals surface area contributed by atoms with Crippen molar-refractivity contribution in [2.45, 2.75) is 13.0 Å². The molecule has 23 heavy (non-hydrogen) atoms. The molecule has 0 aliphatic rings. The van der Waals surface area contributed by atoms with Gasteiger partial charge < -0.3 is 21.3 Å². The van der Waals surface area contributed by atoms with Gasteiger partial charge in [0.1, 0.15) is 11.4 Å². The highest BCUT2D eigenvalue weighted by molar-refractivity contribution is 5.97. The number of aliphatic hydroxyl groups is 1. The van der Waals surface area contributed by atoms with Crippen LogP contribution in [0.25, 0.3) is 0 Å². The maximum absolute atomic E-state index is 12.0. The average molecular weight is 315 g/mol. The van der Waals surface area contributed by atoms with Gasteiger partial charge in [0.25, 0.3) is 5.91 Å². The number of hydrogen-bond acceptors (Lipinski definition) is 5. The molecule has 5 N–H and O–H groups in total. The van der Waals surface area contributed by atoms with E-state index in [9.17, 15) is 14.7 Å². The van der Waals surface area contributed by atoms with Crippen molar-refractivity contribution in [1.82, 2.24) is 10.3 Å². The van der Waals surface area contributed by atoms with Gasteiger partial charge >= 0.3 is 0 Å². The van der Waals surface area contributed by atoms with Crippen LogP contribution in [0.4, 0.5) is 0 Å². The van der Waals surface area contributed by atoms with Crippen LogP contribution in [-0.2, 0) is 13.0 Å². The van der Waals surface area contributed by atoms with E-state index < -0.39 is 11.8 Å². The number of pyridine rings is 1. The molecular weight excluding hydrogens is 298 g/mol.